The highest BCUT2D eigenvalue weighted by Crippen LogP contribution is 2.31. The molecule has 2 heterocycles. The van der Waals surface area contributed by atoms with Gasteiger partial charge in [-0.25, -0.2) is 0 Å². The van der Waals surface area contributed by atoms with Crippen molar-refractivity contribution < 1.29 is 14.3 Å². The lowest BCUT2D eigenvalue weighted by atomic mass is 9.86. The van der Waals surface area contributed by atoms with Gasteiger partial charge in [0.1, 0.15) is 6.04 Å². The Morgan fingerprint density at radius 2 is 1.73 bits per heavy atom. The quantitative estimate of drug-likeness (QED) is 0.831. The Hall–Kier alpha value is -1.88. The smallest absolute Gasteiger partial charge is 0.245 e. The number of morpholine rings is 1. The van der Waals surface area contributed by atoms with E-state index < -0.39 is 0 Å². The van der Waals surface area contributed by atoms with E-state index in [-0.39, 0.29) is 29.7 Å². The average Bonchev–Trinajstić information content (AvgIpc) is 3.13. The molecule has 0 aliphatic carbocycles. The third-order valence-electron chi connectivity index (χ3n) is 5.51. The Morgan fingerprint density at radius 1 is 1.08 bits per heavy atom. The van der Waals surface area contributed by atoms with E-state index in [0.29, 0.717) is 32.8 Å². The second-order valence-electron chi connectivity index (χ2n) is 7.76. The Labute approximate surface area is 156 Å². The first kappa shape index (κ1) is 18.9. The first-order chi connectivity index (χ1) is 12.5. The van der Waals surface area contributed by atoms with Crippen LogP contribution < -0.4 is 0 Å². The van der Waals surface area contributed by atoms with Crippen LogP contribution in [0.25, 0.3) is 0 Å². The fraction of sp³-hybridized carbons (Fsp3) is 0.619. The summed E-state index contributed by atoms with van der Waals surface area (Å²) in [6, 6.07) is 7.89. The van der Waals surface area contributed by atoms with Crippen LogP contribution in [-0.2, 0) is 14.3 Å². The molecule has 0 spiro atoms. The van der Waals surface area contributed by atoms with Gasteiger partial charge in [0.25, 0.3) is 0 Å². The average molecular weight is 358 g/mol. The van der Waals surface area contributed by atoms with Gasteiger partial charge in [0.05, 0.1) is 19.1 Å². The Balaban J connectivity index is 1.79. The molecule has 2 aliphatic rings. The van der Waals surface area contributed by atoms with Crippen LogP contribution in [0.4, 0.5) is 0 Å². The predicted molar refractivity (Wildman–Crippen MR) is 101 cm³/mol. The van der Waals surface area contributed by atoms with Crippen molar-refractivity contribution in [1.29, 1.82) is 0 Å². The summed E-state index contributed by atoms with van der Waals surface area (Å²) in [6.45, 7) is 9.32. The molecule has 0 bridgehead atoms. The first-order valence-electron chi connectivity index (χ1n) is 9.72. The van der Waals surface area contributed by atoms with E-state index in [1.54, 1.807) is 0 Å². The van der Waals surface area contributed by atoms with Crippen molar-refractivity contribution in [3.63, 3.8) is 0 Å². The van der Waals surface area contributed by atoms with E-state index in [1.807, 2.05) is 28.9 Å². The van der Waals surface area contributed by atoms with Gasteiger partial charge in [-0.2, -0.15) is 0 Å². The molecule has 5 nitrogen and oxygen atoms in total. The van der Waals surface area contributed by atoms with E-state index in [0.717, 1.165) is 18.4 Å². The minimum atomic E-state index is -0.313. The minimum absolute atomic E-state index is 0.0885. The summed E-state index contributed by atoms with van der Waals surface area (Å²) in [4.78, 5) is 30.1. The molecule has 2 atom stereocenters. The minimum Gasteiger partial charge on any atom is -0.378 e. The fourth-order valence-electron chi connectivity index (χ4n) is 4.05. The number of rotatable bonds is 4. The maximum absolute atomic E-state index is 13.4. The number of carbonyl (C=O) groups excluding carboxylic acids is 2. The second-order valence-corrected chi connectivity index (χ2v) is 7.76. The molecular formula is C21H30N2O3. The molecular weight excluding hydrogens is 328 g/mol. The standard InChI is InChI=1S/C21H30N2O3/c1-15(2)19(17-8-6-16(3)7-9-17)21(25)23-10-4-5-18(23)20(24)22-11-13-26-14-12-22/h6-9,15,18-19H,4-5,10-14H2,1-3H3/t18-,19?/m1/s1. The summed E-state index contributed by atoms with van der Waals surface area (Å²) in [7, 11) is 0. The Morgan fingerprint density at radius 3 is 2.35 bits per heavy atom. The number of benzene rings is 1. The predicted octanol–water partition coefficient (Wildman–Crippen LogP) is 2.58. The molecule has 0 aromatic heterocycles. The maximum atomic E-state index is 13.4. The molecule has 2 saturated heterocycles. The lowest BCUT2D eigenvalue weighted by molar-refractivity contribution is -0.147. The number of amides is 2. The van der Waals surface area contributed by atoms with Gasteiger partial charge in [0, 0.05) is 19.6 Å². The lowest BCUT2D eigenvalue weighted by Crippen LogP contribution is -2.52. The van der Waals surface area contributed by atoms with Crippen LogP contribution in [0.2, 0.25) is 0 Å². The van der Waals surface area contributed by atoms with Crippen molar-refractivity contribution in [2.75, 3.05) is 32.8 Å². The number of carbonyl (C=O) groups is 2. The second kappa shape index (κ2) is 8.21. The van der Waals surface area contributed by atoms with Crippen LogP contribution in [0.1, 0.15) is 43.7 Å². The number of ether oxygens (including phenoxy) is 1. The number of nitrogens with zero attached hydrogens (tertiary/aromatic N) is 2. The number of hydrogen-bond donors (Lipinski definition) is 0. The summed E-state index contributed by atoms with van der Waals surface area (Å²) in [5.74, 6) is 0.164. The van der Waals surface area contributed by atoms with Crippen molar-refractivity contribution in [1.82, 2.24) is 9.80 Å². The normalized spacial score (nSPS) is 21.9. The monoisotopic (exact) mass is 358 g/mol. The highest BCUT2D eigenvalue weighted by Gasteiger charge is 2.40. The summed E-state index contributed by atoms with van der Waals surface area (Å²) in [5.41, 5.74) is 2.23. The van der Waals surface area contributed by atoms with Crippen LogP contribution in [-0.4, -0.2) is 60.5 Å². The van der Waals surface area contributed by atoms with Gasteiger partial charge in [0.2, 0.25) is 11.8 Å². The van der Waals surface area contributed by atoms with E-state index in [4.69, 9.17) is 4.74 Å². The molecule has 1 aromatic rings. The van der Waals surface area contributed by atoms with Gasteiger partial charge in [-0.1, -0.05) is 43.7 Å². The van der Waals surface area contributed by atoms with Gasteiger partial charge in [-0.3, -0.25) is 9.59 Å². The van der Waals surface area contributed by atoms with Gasteiger partial charge >= 0.3 is 0 Å². The molecule has 142 valence electrons. The number of likely N-dealkylation sites (tertiary alicyclic amines) is 1. The molecule has 5 heteroatoms. The molecule has 2 fully saturated rings. The first-order valence-corrected chi connectivity index (χ1v) is 9.72. The zero-order valence-electron chi connectivity index (χ0n) is 16.1. The molecule has 1 aromatic carbocycles. The third-order valence-corrected chi connectivity index (χ3v) is 5.51. The fourth-order valence-corrected chi connectivity index (χ4v) is 4.05. The van der Waals surface area contributed by atoms with Crippen LogP contribution >= 0.6 is 0 Å². The molecule has 1 unspecified atom stereocenters. The van der Waals surface area contributed by atoms with Gasteiger partial charge in [-0.15, -0.1) is 0 Å². The van der Waals surface area contributed by atoms with Crippen LogP contribution in [0.3, 0.4) is 0 Å². The zero-order valence-corrected chi connectivity index (χ0v) is 16.1. The van der Waals surface area contributed by atoms with Crippen molar-refractivity contribution in [2.24, 2.45) is 5.92 Å². The zero-order chi connectivity index (χ0) is 18.7. The van der Waals surface area contributed by atoms with Gasteiger partial charge < -0.3 is 14.5 Å². The number of aryl methyl sites for hydroxylation is 1. The van der Waals surface area contributed by atoms with Crippen molar-refractivity contribution in [3.8, 4) is 0 Å². The topological polar surface area (TPSA) is 49.9 Å². The highest BCUT2D eigenvalue weighted by atomic mass is 16.5. The number of hydrogen-bond acceptors (Lipinski definition) is 3. The van der Waals surface area contributed by atoms with E-state index in [9.17, 15) is 9.59 Å². The summed E-state index contributed by atoms with van der Waals surface area (Å²) < 4.78 is 5.35. The summed E-state index contributed by atoms with van der Waals surface area (Å²) in [6.07, 6.45) is 1.66. The Bertz CT molecular complexity index is 635. The van der Waals surface area contributed by atoms with Crippen molar-refractivity contribution in [2.45, 2.75) is 45.6 Å². The van der Waals surface area contributed by atoms with Crippen LogP contribution in [0, 0.1) is 12.8 Å². The maximum Gasteiger partial charge on any atom is 0.245 e. The summed E-state index contributed by atoms with van der Waals surface area (Å²) >= 11 is 0. The highest BCUT2D eigenvalue weighted by molar-refractivity contribution is 5.91. The molecule has 3 rings (SSSR count). The van der Waals surface area contributed by atoms with Crippen molar-refractivity contribution in [3.05, 3.63) is 35.4 Å². The largest absolute Gasteiger partial charge is 0.378 e. The van der Waals surface area contributed by atoms with Gasteiger partial charge in [-0.05, 0) is 31.2 Å². The van der Waals surface area contributed by atoms with E-state index in [2.05, 4.69) is 26.0 Å². The van der Waals surface area contributed by atoms with E-state index in [1.165, 1.54) is 5.56 Å². The van der Waals surface area contributed by atoms with Crippen molar-refractivity contribution >= 4 is 11.8 Å². The summed E-state index contributed by atoms with van der Waals surface area (Å²) in [5, 5.41) is 0. The van der Waals surface area contributed by atoms with E-state index >= 15 is 0 Å². The molecule has 2 amide bonds. The molecule has 0 saturated carbocycles. The lowest BCUT2D eigenvalue weighted by Gasteiger charge is -2.34. The molecule has 2 aliphatic heterocycles. The molecule has 0 radical (unpaired) electrons. The van der Waals surface area contributed by atoms with Crippen LogP contribution in [0.5, 0.6) is 0 Å². The SMILES string of the molecule is Cc1ccc(C(C(=O)N2CCC[C@@H]2C(=O)N2CCOCC2)C(C)C)cc1. The van der Waals surface area contributed by atoms with Gasteiger partial charge in [0.15, 0.2) is 0 Å². The molecule has 0 N–H and O–H groups in total. The Kier molecular flexibility index (Phi) is 5.97. The van der Waals surface area contributed by atoms with Crippen LogP contribution in [0.15, 0.2) is 24.3 Å². The third kappa shape index (κ3) is 3.93. The molecule has 26 heavy (non-hydrogen) atoms.